The van der Waals surface area contributed by atoms with Crippen LogP contribution in [0.5, 0.6) is 0 Å². The lowest BCUT2D eigenvalue weighted by atomic mass is 9.87. The van der Waals surface area contributed by atoms with E-state index in [9.17, 15) is 0 Å². The maximum atomic E-state index is 4.43. The zero-order valence-electron chi connectivity index (χ0n) is 17.1. The van der Waals surface area contributed by atoms with E-state index in [4.69, 9.17) is 0 Å². The van der Waals surface area contributed by atoms with Gasteiger partial charge in [0.05, 0.1) is 24.3 Å². The molecule has 1 aromatic carbocycles. The Morgan fingerprint density at radius 1 is 1.07 bits per heavy atom. The number of rotatable bonds is 6. The summed E-state index contributed by atoms with van der Waals surface area (Å²) < 4.78 is 2.41. The van der Waals surface area contributed by atoms with Gasteiger partial charge < -0.3 is 9.47 Å². The second kappa shape index (κ2) is 8.02. The van der Waals surface area contributed by atoms with Crippen molar-refractivity contribution in [1.29, 1.82) is 0 Å². The van der Waals surface area contributed by atoms with Gasteiger partial charge in [0.1, 0.15) is 0 Å². The minimum atomic E-state index is 0.443. The number of benzene rings is 1. The molecule has 1 atom stereocenters. The molecule has 2 aliphatic heterocycles. The Morgan fingerprint density at radius 3 is 2.52 bits per heavy atom. The summed E-state index contributed by atoms with van der Waals surface area (Å²) in [5.74, 6) is 1.65. The van der Waals surface area contributed by atoms with E-state index < -0.39 is 0 Å². The zero-order chi connectivity index (χ0) is 18.8. The van der Waals surface area contributed by atoms with Crippen LogP contribution in [-0.2, 0) is 0 Å². The predicted octanol–water partition coefficient (Wildman–Crippen LogP) is 5.52. The molecule has 1 fully saturated rings. The molecule has 3 heterocycles. The van der Waals surface area contributed by atoms with Gasteiger partial charge in [0, 0.05) is 6.54 Å². The monoisotopic (exact) mass is 363 g/mol. The highest BCUT2D eigenvalue weighted by Gasteiger charge is 2.30. The van der Waals surface area contributed by atoms with E-state index in [0.29, 0.717) is 6.04 Å². The van der Waals surface area contributed by atoms with Gasteiger partial charge in [-0.1, -0.05) is 44.2 Å². The highest BCUT2D eigenvalue weighted by molar-refractivity contribution is 5.93. The fraction of sp³-hybridized carbons (Fsp3) is 0.542. The lowest BCUT2D eigenvalue weighted by molar-refractivity contribution is 0.161. The Balaban J connectivity index is 1.44. The first kappa shape index (κ1) is 18.5. The quantitative estimate of drug-likeness (QED) is 0.674. The largest absolute Gasteiger partial charge is 0.323 e. The summed E-state index contributed by atoms with van der Waals surface area (Å²) >= 11 is 0. The normalized spacial score (nSPS) is 21.3. The Kier molecular flexibility index (Phi) is 5.49. The minimum Gasteiger partial charge on any atom is -0.323 e. The number of likely N-dealkylation sites (tertiary alicyclic amines) is 1. The van der Waals surface area contributed by atoms with Crippen molar-refractivity contribution in [3.8, 4) is 0 Å². The van der Waals surface area contributed by atoms with Crippen LogP contribution < -0.4 is 0 Å². The van der Waals surface area contributed by atoms with Crippen LogP contribution in [0.15, 0.2) is 42.9 Å². The molecule has 1 aromatic heterocycles. The molecule has 0 N–H and O–H groups in total. The van der Waals surface area contributed by atoms with Crippen molar-refractivity contribution in [1.82, 2.24) is 14.5 Å². The first-order valence-corrected chi connectivity index (χ1v) is 10.6. The average Bonchev–Trinajstić information content (AvgIpc) is 3.24. The molecule has 0 bridgehead atoms. The zero-order valence-corrected chi connectivity index (χ0v) is 17.1. The van der Waals surface area contributed by atoms with Crippen LogP contribution in [0.2, 0.25) is 0 Å². The Labute approximate surface area is 164 Å². The molecule has 0 saturated carbocycles. The van der Waals surface area contributed by atoms with E-state index in [-0.39, 0.29) is 0 Å². The van der Waals surface area contributed by atoms with E-state index in [1.807, 2.05) is 12.5 Å². The van der Waals surface area contributed by atoms with Crippen molar-refractivity contribution in [2.75, 3.05) is 19.6 Å². The summed E-state index contributed by atoms with van der Waals surface area (Å²) in [7, 11) is 0. The third-order valence-electron chi connectivity index (χ3n) is 6.39. The van der Waals surface area contributed by atoms with Crippen molar-refractivity contribution in [2.24, 2.45) is 11.8 Å². The van der Waals surface area contributed by atoms with Gasteiger partial charge >= 0.3 is 0 Å². The molecule has 2 aromatic rings. The first-order chi connectivity index (χ1) is 13.1. The molecule has 1 unspecified atom stereocenters. The van der Waals surface area contributed by atoms with Gasteiger partial charge in [0.2, 0.25) is 0 Å². The predicted molar refractivity (Wildman–Crippen MR) is 113 cm³/mol. The summed E-state index contributed by atoms with van der Waals surface area (Å²) in [6, 6.07) is 11.4. The summed E-state index contributed by atoms with van der Waals surface area (Å²) in [5, 5.41) is 0. The molecule has 3 heteroatoms. The number of piperidine rings is 1. The second-order valence-corrected chi connectivity index (χ2v) is 8.82. The molecule has 1 saturated heterocycles. The maximum Gasteiger partial charge on any atom is 0.0956 e. The van der Waals surface area contributed by atoms with Crippen molar-refractivity contribution < 1.29 is 0 Å². The fourth-order valence-electron chi connectivity index (χ4n) is 5.05. The standard InChI is InChI=1S/C24H33N3/c1-18(2)16-26-13-11-20(12-14-26)9-10-22-24(21-7-5-4-6-8-21)19(3)23-15-25-17-27(22)23/h4-8,15,17-18,20,22H,9-14,16H2,1-3H3. The molecular weight excluding hydrogens is 330 g/mol. The van der Waals surface area contributed by atoms with Gasteiger partial charge in [-0.05, 0) is 74.2 Å². The number of hydrogen-bond acceptors (Lipinski definition) is 2. The Bertz CT molecular complexity index is 779. The van der Waals surface area contributed by atoms with Crippen LogP contribution >= 0.6 is 0 Å². The number of allylic oxidation sites excluding steroid dienone is 2. The van der Waals surface area contributed by atoms with Gasteiger partial charge in [0.25, 0.3) is 0 Å². The number of nitrogens with zero attached hydrogens (tertiary/aromatic N) is 3. The van der Waals surface area contributed by atoms with Crippen molar-refractivity contribution >= 4 is 11.1 Å². The van der Waals surface area contributed by atoms with Gasteiger partial charge in [-0.15, -0.1) is 0 Å². The van der Waals surface area contributed by atoms with E-state index in [0.717, 1.165) is 11.8 Å². The van der Waals surface area contributed by atoms with E-state index in [2.05, 4.69) is 65.6 Å². The van der Waals surface area contributed by atoms with Crippen molar-refractivity contribution in [3.05, 3.63) is 54.1 Å². The molecule has 0 amide bonds. The minimum absolute atomic E-state index is 0.443. The van der Waals surface area contributed by atoms with Gasteiger partial charge in [-0.25, -0.2) is 4.98 Å². The van der Waals surface area contributed by atoms with Crippen LogP contribution in [-0.4, -0.2) is 34.1 Å². The molecular formula is C24H33N3. The number of imidazole rings is 1. The van der Waals surface area contributed by atoms with E-state index >= 15 is 0 Å². The highest BCUT2D eigenvalue weighted by atomic mass is 15.1. The number of fused-ring (bicyclic) bond motifs is 1. The maximum absolute atomic E-state index is 4.43. The fourth-order valence-corrected chi connectivity index (χ4v) is 5.05. The van der Waals surface area contributed by atoms with Crippen LogP contribution in [0.3, 0.4) is 0 Å². The topological polar surface area (TPSA) is 21.1 Å². The smallest absolute Gasteiger partial charge is 0.0956 e. The van der Waals surface area contributed by atoms with Gasteiger partial charge in [0.15, 0.2) is 0 Å². The third kappa shape index (κ3) is 3.89. The molecule has 3 nitrogen and oxygen atoms in total. The summed E-state index contributed by atoms with van der Waals surface area (Å²) in [5.41, 5.74) is 5.57. The van der Waals surface area contributed by atoms with Crippen LogP contribution in [0.4, 0.5) is 0 Å². The lowest BCUT2D eigenvalue weighted by Gasteiger charge is -2.33. The molecule has 2 aliphatic rings. The molecule has 0 spiro atoms. The van der Waals surface area contributed by atoms with Crippen LogP contribution in [0.25, 0.3) is 11.1 Å². The summed E-state index contributed by atoms with van der Waals surface area (Å²) in [6.07, 6.45) is 9.33. The van der Waals surface area contributed by atoms with Crippen LogP contribution in [0.1, 0.15) is 63.8 Å². The molecule has 4 rings (SSSR count). The first-order valence-electron chi connectivity index (χ1n) is 10.6. The highest BCUT2D eigenvalue weighted by Crippen LogP contribution is 2.45. The number of aromatic nitrogens is 2. The lowest BCUT2D eigenvalue weighted by Crippen LogP contribution is -2.36. The van der Waals surface area contributed by atoms with Crippen molar-refractivity contribution in [2.45, 2.75) is 52.5 Å². The Morgan fingerprint density at radius 2 is 1.81 bits per heavy atom. The SMILES string of the molecule is CC1=C(c2ccccc2)C(CCC2CCN(CC(C)C)CC2)n2cncc21. The van der Waals surface area contributed by atoms with E-state index in [1.54, 1.807) is 0 Å². The van der Waals surface area contributed by atoms with Gasteiger partial charge in [-0.2, -0.15) is 0 Å². The Hall–Kier alpha value is -1.87. The second-order valence-electron chi connectivity index (χ2n) is 8.82. The van der Waals surface area contributed by atoms with Gasteiger partial charge in [-0.3, -0.25) is 0 Å². The summed E-state index contributed by atoms with van der Waals surface area (Å²) in [4.78, 5) is 7.08. The molecule has 144 valence electrons. The van der Waals surface area contributed by atoms with Crippen molar-refractivity contribution in [3.63, 3.8) is 0 Å². The summed E-state index contributed by atoms with van der Waals surface area (Å²) in [6.45, 7) is 10.7. The number of hydrogen-bond donors (Lipinski definition) is 0. The van der Waals surface area contributed by atoms with E-state index in [1.165, 1.54) is 67.7 Å². The molecule has 0 aliphatic carbocycles. The van der Waals surface area contributed by atoms with Crippen LogP contribution in [0, 0.1) is 11.8 Å². The molecule has 0 radical (unpaired) electrons. The average molecular weight is 364 g/mol. The molecule has 27 heavy (non-hydrogen) atoms. The third-order valence-corrected chi connectivity index (χ3v) is 6.39.